The van der Waals surface area contributed by atoms with Crippen LogP contribution >= 0.6 is 0 Å². The maximum Gasteiger partial charge on any atom is 0.336 e. The second-order valence-corrected chi connectivity index (χ2v) is 4.15. The molecule has 1 aromatic carbocycles. The molecule has 0 aliphatic rings. The van der Waals surface area contributed by atoms with Crippen LogP contribution in [0.2, 0.25) is 0 Å². The predicted octanol–water partition coefficient (Wildman–Crippen LogP) is 2.04. The van der Waals surface area contributed by atoms with E-state index in [1.54, 1.807) is 22.9 Å². The molecule has 2 N–H and O–H groups in total. The molecule has 0 atom stereocenters. The van der Waals surface area contributed by atoms with Gasteiger partial charge in [-0.1, -0.05) is 18.2 Å². The summed E-state index contributed by atoms with van der Waals surface area (Å²) in [5, 5.41) is 16.5. The van der Waals surface area contributed by atoms with E-state index in [9.17, 15) is 4.79 Å². The molecule has 0 fully saturated rings. The van der Waals surface area contributed by atoms with Crippen molar-refractivity contribution in [3.05, 3.63) is 47.2 Å². The van der Waals surface area contributed by atoms with Crippen LogP contribution in [-0.2, 0) is 13.6 Å². The lowest BCUT2D eigenvalue weighted by Gasteiger charge is -2.07. The van der Waals surface area contributed by atoms with E-state index in [1.165, 1.54) is 0 Å². The fourth-order valence-electron chi connectivity index (χ4n) is 1.84. The number of nitrogens with zero attached hydrogens (tertiary/aromatic N) is 2. The molecule has 0 unspecified atom stereocenters. The van der Waals surface area contributed by atoms with Gasteiger partial charge in [0.15, 0.2) is 5.82 Å². The molecule has 0 radical (unpaired) electrons. The first-order valence-electron chi connectivity index (χ1n) is 5.63. The smallest absolute Gasteiger partial charge is 0.336 e. The first kappa shape index (κ1) is 12.2. The molecular formula is C13H15N3O2. The summed E-state index contributed by atoms with van der Waals surface area (Å²) in [6, 6.07) is 6.95. The normalized spacial score (nSPS) is 10.3. The van der Waals surface area contributed by atoms with Gasteiger partial charge in [-0.05, 0) is 18.6 Å². The van der Waals surface area contributed by atoms with Gasteiger partial charge in [-0.2, -0.15) is 5.10 Å². The summed E-state index contributed by atoms with van der Waals surface area (Å²) < 4.78 is 1.72. The standard InChI is InChI=1S/C13H15N3O2/c1-9-8-16(2)15-12(9)14-7-10-5-3-4-6-11(10)13(17)18/h3-6,8H,7H2,1-2H3,(H,14,15)(H,17,18). The molecule has 2 rings (SSSR count). The zero-order valence-electron chi connectivity index (χ0n) is 10.3. The summed E-state index contributed by atoms with van der Waals surface area (Å²) in [5.74, 6) is -0.136. The van der Waals surface area contributed by atoms with Crippen molar-refractivity contribution in [1.82, 2.24) is 9.78 Å². The van der Waals surface area contributed by atoms with Crippen LogP contribution in [-0.4, -0.2) is 20.9 Å². The van der Waals surface area contributed by atoms with Crippen molar-refractivity contribution in [2.24, 2.45) is 7.05 Å². The van der Waals surface area contributed by atoms with E-state index in [0.717, 1.165) is 16.9 Å². The zero-order valence-corrected chi connectivity index (χ0v) is 10.3. The van der Waals surface area contributed by atoms with Gasteiger partial charge in [-0.3, -0.25) is 4.68 Å². The average Bonchev–Trinajstić information content (AvgIpc) is 2.65. The molecule has 0 amide bonds. The summed E-state index contributed by atoms with van der Waals surface area (Å²) in [5.41, 5.74) is 2.10. The molecule has 0 bridgehead atoms. The summed E-state index contributed by atoms with van der Waals surface area (Å²) in [4.78, 5) is 11.1. The van der Waals surface area contributed by atoms with E-state index in [0.29, 0.717) is 12.1 Å². The number of aryl methyl sites for hydroxylation is 2. The molecule has 0 spiro atoms. The van der Waals surface area contributed by atoms with Gasteiger partial charge in [-0.15, -0.1) is 0 Å². The number of carboxylic acid groups (broad SMARTS) is 1. The van der Waals surface area contributed by atoms with Crippen LogP contribution in [0.3, 0.4) is 0 Å². The highest BCUT2D eigenvalue weighted by Gasteiger charge is 2.09. The maximum absolute atomic E-state index is 11.1. The molecule has 5 heteroatoms. The Balaban J connectivity index is 2.15. The van der Waals surface area contributed by atoms with Crippen molar-refractivity contribution in [2.75, 3.05) is 5.32 Å². The van der Waals surface area contributed by atoms with Crippen LogP contribution in [0.15, 0.2) is 30.5 Å². The Hall–Kier alpha value is -2.30. The van der Waals surface area contributed by atoms with E-state index < -0.39 is 5.97 Å². The molecule has 0 aliphatic heterocycles. The fourth-order valence-corrected chi connectivity index (χ4v) is 1.84. The third-order valence-electron chi connectivity index (χ3n) is 2.71. The van der Waals surface area contributed by atoms with Crippen LogP contribution in [0.25, 0.3) is 0 Å². The third kappa shape index (κ3) is 2.51. The number of carboxylic acids is 1. The molecule has 0 aliphatic carbocycles. The Kier molecular flexibility index (Phi) is 3.32. The van der Waals surface area contributed by atoms with Crippen molar-refractivity contribution < 1.29 is 9.90 Å². The zero-order chi connectivity index (χ0) is 13.1. The average molecular weight is 245 g/mol. The Morgan fingerprint density at radius 1 is 1.44 bits per heavy atom. The van der Waals surface area contributed by atoms with Crippen LogP contribution in [0.5, 0.6) is 0 Å². The Morgan fingerprint density at radius 3 is 2.78 bits per heavy atom. The second kappa shape index (κ2) is 4.91. The fraction of sp³-hybridized carbons (Fsp3) is 0.231. The summed E-state index contributed by atoms with van der Waals surface area (Å²) in [6.45, 7) is 2.40. The van der Waals surface area contributed by atoms with Gasteiger partial charge in [0.05, 0.1) is 5.56 Å². The largest absolute Gasteiger partial charge is 0.478 e. The number of hydrogen-bond acceptors (Lipinski definition) is 3. The van der Waals surface area contributed by atoms with Gasteiger partial charge in [0, 0.05) is 25.4 Å². The lowest BCUT2D eigenvalue weighted by molar-refractivity contribution is 0.0696. The lowest BCUT2D eigenvalue weighted by atomic mass is 10.1. The Bertz CT molecular complexity index is 575. The van der Waals surface area contributed by atoms with E-state index in [1.807, 2.05) is 26.2 Å². The number of nitrogens with one attached hydrogen (secondary N) is 1. The number of anilines is 1. The molecule has 18 heavy (non-hydrogen) atoms. The summed E-state index contributed by atoms with van der Waals surface area (Å²) >= 11 is 0. The van der Waals surface area contributed by atoms with E-state index in [4.69, 9.17) is 5.11 Å². The SMILES string of the molecule is Cc1cn(C)nc1NCc1ccccc1C(=O)O. The van der Waals surface area contributed by atoms with Crippen molar-refractivity contribution in [2.45, 2.75) is 13.5 Å². The first-order chi connectivity index (χ1) is 8.58. The maximum atomic E-state index is 11.1. The number of benzene rings is 1. The minimum Gasteiger partial charge on any atom is -0.478 e. The van der Waals surface area contributed by atoms with E-state index in [-0.39, 0.29) is 0 Å². The van der Waals surface area contributed by atoms with Crippen molar-refractivity contribution in [1.29, 1.82) is 0 Å². The van der Waals surface area contributed by atoms with Crippen LogP contribution in [0.1, 0.15) is 21.5 Å². The number of rotatable bonds is 4. The lowest BCUT2D eigenvalue weighted by Crippen LogP contribution is -2.08. The highest BCUT2D eigenvalue weighted by molar-refractivity contribution is 5.89. The van der Waals surface area contributed by atoms with E-state index >= 15 is 0 Å². The molecule has 2 aromatic rings. The molecule has 1 aromatic heterocycles. The molecule has 0 saturated carbocycles. The predicted molar refractivity (Wildman–Crippen MR) is 68.7 cm³/mol. The highest BCUT2D eigenvalue weighted by Crippen LogP contribution is 2.14. The van der Waals surface area contributed by atoms with Gasteiger partial charge in [0.2, 0.25) is 0 Å². The van der Waals surface area contributed by atoms with Gasteiger partial charge in [-0.25, -0.2) is 4.79 Å². The molecule has 94 valence electrons. The molecule has 0 saturated heterocycles. The van der Waals surface area contributed by atoms with Crippen LogP contribution in [0.4, 0.5) is 5.82 Å². The van der Waals surface area contributed by atoms with Gasteiger partial charge in [0.1, 0.15) is 0 Å². The molecule has 1 heterocycles. The summed E-state index contributed by atoms with van der Waals surface area (Å²) in [7, 11) is 1.85. The minimum absolute atomic E-state index is 0.318. The van der Waals surface area contributed by atoms with Gasteiger partial charge < -0.3 is 10.4 Å². The monoisotopic (exact) mass is 245 g/mol. The number of aromatic carboxylic acids is 1. The summed E-state index contributed by atoms with van der Waals surface area (Å²) in [6.07, 6.45) is 1.91. The van der Waals surface area contributed by atoms with Crippen molar-refractivity contribution in [3.8, 4) is 0 Å². The number of hydrogen-bond donors (Lipinski definition) is 2. The van der Waals surface area contributed by atoms with Crippen LogP contribution in [0, 0.1) is 6.92 Å². The van der Waals surface area contributed by atoms with Gasteiger partial charge >= 0.3 is 5.97 Å². The van der Waals surface area contributed by atoms with Crippen molar-refractivity contribution in [3.63, 3.8) is 0 Å². The topological polar surface area (TPSA) is 67.2 Å². The van der Waals surface area contributed by atoms with Crippen molar-refractivity contribution >= 4 is 11.8 Å². The first-order valence-corrected chi connectivity index (χ1v) is 5.63. The van der Waals surface area contributed by atoms with E-state index in [2.05, 4.69) is 10.4 Å². The number of carbonyl (C=O) groups is 1. The quantitative estimate of drug-likeness (QED) is 0.865. The number of aromatic nitrogens is 2. The third-order valence-corrected chi connectivity index (χ3v) is 2.71. The molecule has 5 nitrogen and oxygen atoms in total. The Morgan fingerprint density at radius 2 is 2.17 bits per heavy atom. The van der Waals surface area contributed by atoms with Gasteiger partial charge in [0.25, 0.3) is 0 Å². The second-order valence-electron chi connectivity index (χ2n) is 4.15. The minimum atomic E-state index is -0.912. The molecular weight excluding hydrogens is 230 g/mol. The Labute approximate surface area is 105 Å². The highest BCUT2D eigenvalue weighted by atomic mass is 16.4. The van der Waals surface area contributed by atoms with Crippen LogP contribution < -0.4 is 5.32 Å².